The number of thiazole rings is 1. The summed E-state index contributed by atoms with van der Waals surface area (Å²) in [7, 11) is 0. The largest absolute Gasteiger partial charge is 0.271 e. The molecule has 1 amide bonds. The van der Waals surface area contributed by atoms with E-state index in [0.29, 0.717) is 5.56 Å². The number of aromatic nitrogens is 2. The molecular formula is C15H12N4OS. The number of nitrogens with one attached hydrogen (secondary N) is 1. The summed E-state index contributed by atoms with van der Waals surface area (Å²) in [6, 6.07) is 9.14. The van der Waals surface area contributed by atoms with Gasteiger partial charge in [0.25, 0.3) is 5.91 Å². The molecule has 0 bridgehead atoms. The van der Waals surface area contributed by atoms with E-state index in [2.05, 4.69) is 20.5 Å². The zero-order chi connectivity index (χ0) is 14.7. The number of hydrazone groups is 1. The molecule has 0 saturated carbocycles. The number of nitrogens with zero attached hydrogens (tertiary/aromatic N) is 3. The van der Waals surface area contributed by atoms with Crippen molar-refractivity contribution in [3.63, 3.8) is 0 Å². The van der Waals surface area contributed by atoms with Crippen LogP contribution in [0.2, 0.25) is 0 Å². The topological polar surface area (TPSA) is 67.2 Å². The lowest BCUT2D eigenvalue weighted by atomic mass is 10.2. The Labute approximate surface area is 125 Å². The van der Waals surface area contributed by atoms with Gasteiger partial charge < -0.3 is 0 Å². The molecule has 21 heavy (non-hydrogen) atoms. The molecule has 104 valence electrons. The van der Waals surface area contributed by atoms with E-state index in [1.807, 2.05) is 25.1 Å². The van der Waals surface area contributed by atoms with E-state index in [0.717, 1.165) is 20.8 Å². The van der Waals surface area contributed by atoms with Gasteiger partial charge in [0, 0.05) is 18.0 Å². The average Bonchev–Trinajstić information content (AvgIpc) is 2.87. The Morgan fingerprint density at radius 3 is 2.90 bits per heavy atom. The molecule has 1 N–H and O–H groups in total. The van der Waals surface area contributed by atoms with Gasteiger partial charge in [-0.3, -0.25) is 9.78 Å². The molecule has 0 aliphatic heterocycles. The second-order valence-corrected chi connectivity index (χ2v) is 5.63. The van der Waals surface area contributed by atoms with E-state index < -0.39 is 0 Å². The van der Waals surface area contributed by atoms with Crippen molar-refractivity contribution in [3.05, 3.63) is 58.9 Å². The molecule has 0 radical (unpaired) electrons. The zero-order valence-electron chi connectivity index (χ0n) is 11.3. The summed E-state index contributed by atoms with van der Waals surface area (Å²) < 4.78 is 1.11. The average molecular weight is 296 g/mol. The number of aryl methyl sites for hydroxylation is 1. The number of carbonyl (C=O) groups excluding carboxylic acids is 1. The number of hydrogen-bond donors (Lipinski definition) is 1. The van der Waals surface area contributed by atoms with Gasteiger partial charge in [-0.05, 0) is 36.8 Å². The number of benzene rings is 1. The van der Waals surface area contributed by atoms with Crippen LogP contribution in [-0.4, -0.2) is 22.1 Å². The van der Waals surface area contributed by atoms with Crippen LogP contribution in [0.3, 0.4) is 0 Å². The summed E-state index contributed by atoms with van der Waals surface area (Å²) in [5, 5.41) is 5.00. The fourth-order valence-electron chi connectivity index (χ4n) is 1.87. The molecule has 0 saturated heterocycles. The summed E-state index contributed by atoms with van der Waals surface area (Å²) >= 11 is 1.64. The van der Waals surface area contributed by atoms with E-state index in [9.17, 15) is 4.79 Å². The Morgan fingerprint density at radius 2 is 2.10 bits per heavy atom. The normalized spacial score (nSPS) is 11.1. The molecule has 6 heteroatoms. The zero-order valence-corrected chi connectivity index (χ0v) is 12.1. The van der Waals surface area contributed by atoms with Gasteiger partial charge in [-0.1, -0.05) is 6.07 Å². The highest BCUT2D eigenvalue weighted by Gasteiger charge is 2.03. The highest BCUT2D eigenvalue weighted by atomic mass is 32.1. The van der Waals surface area contributed by atoms with Crippen molar-refractivity contribution in [1.29, 1.82) is 0 Å². The molecule has 0 spiro atoms. The van der Waals surface area contributed by atoms with Crippen LogP contribution < -0.4 is 5.43 Å². The lowest BCUT2D eigenvalue weighted by Gasteiger charge is -1.98. The van der Waals surface area contributed by atoms with Crippen LogP contribution in [0.1, 0.15) is 20.9 Å². The maximum atomic E-state index is 11.8. The van der Waals surface area contributed by atoms with E-state index in [-0.39, 0.29) is 5.91 Å². The molecule has 5 nitrogen and oxygen atoms in total. The molecular weight excluding hydrogens is 284 g/mol. The number of carbonyl (C=O) groups is 1. The van der Waals surface area contributed by atoms with Crippen LogP contribution in [0.15, 0.2) is 47.8 Å². The fraction of sp³-hybridized carbons (Fsp3) is 0.0667. The molecule has 0 fully saturated rings. The Balaban J connectivity index is 1.71. The van der Waals surface area contributed by atoms with Crippen LogP contribution in [0.4, 0.5) is 0 Å². The lowest BCUT2D eigenvalue weighted by Crippen LogP contribution is -2.17. The van der Waals surface area contributed by atoms with Gasteiger partial charge in [-0.2, -0.15) is 5.10 Å². The van der Waals surface area contributed by atoms with Crippen LogP contribution in [-0.2, 0) is 0 Å². The summed E-state index contributed by atoms with van der Waals surface area (Å²) in [4.78, 5) is 20.1. The SMILES string of the molecule is Cc1nc2ccc(/C=N\NC(=O)c3ccncc3)cc2s1. The maximum absolute atomic E-state index is 11.8. The standard InChI is InChI=1S/C15H12N4OS/c1-10-18-13-3-2-11(8-14(13)21-10)9-17-19-15(20)12-4-6-16-7-5-12/h2-9H,1H3,(H,19,20)/b17-9-. The molecule has 0 aliphatic carbocycles. The molecule has 3 aromatic rings. The second-order valence-electron chi connectivity index (χ2n) is 4.40. The van der Waals surface area contributed by atoms with Crippen molar-refractivity contribution in [1.82, 2.24) is 15.4 Å². The van der Waals surface area contributed by atoms with Crippen molar-refractivity contribution in [2.24, 2.45) is 5.10 Å². The number of fused-ring (bicyclic) bond motifs is 1. The van der Waals surface area contributed by atoms with Crippen LogP contribution in [0.25, 0.3) is 10.2 Å². The summed E-state index contributed by atoms with van der Waals surface area (Å²) in [5.41, 5.74) is 4.91. The maximum Gasteiger partial charge on any atom is 0.271 e. The van der Waals surface area contributed by atoms with Gasteiger partial charge in [-0.25, -0.2) is 10.4 Å². The first kappa shape index (κ1) is 13.4. The van der Waals surface area contributed by atoms with Gasteiger partial charge in [0.05, 0.1) is 21.4 Å². The minimum Gasteiger partial charge on any atom is -0.267 e. The predicted molar refractivity (Wildman–Crippen MR) is 83.7 cm³/mol. The molecule has 2 heterocycles. The van der Waals surface area contributed by atoms with Gasteiger partial charge >= 0.3 is 0 Å². The minimum absolute atomic E-state index is 0.261. The van der Waals surface area contributed by atoms with Crippen molar-refractivity contribution < 1.29 is 4.79 Å². The Bertz CT molecular complexity index is 811. The van der Waals surface area contributed by atoms with E-state index in [1.165, 1.54) is 0 Å². The number of rotatable bonds is 3. The predicted octanol–water partition coefficient (Wildman–Crippen LogP) is 2.76. The Morgan fingerprint density at radius 1 is 1.29 bits per heavy atom. The van der Waals surface area contributed by atoms with E-state index in [4.69, 9.17) is 0 Å². The van der Waals surface area contributed by atoms with Crippen LogP contribution in [0, 0.1) is 6.92 Å². The first-order chi connectivity index (χ1) is 10.2. The van der Waals surface area contributed by atoms with Gasteiger partial charge in [0.1, 0.15) is 0 Å². The second kappa shape index (κ2) is 5.80. The molecule has 3 rings (SSSR count). The highest BCUT2D eigenvalue weighted by molar-refractivity contribution is 7.18. The Hall–Kier alpha value is -2.60. The lowest BCUT2D eigenvalue weighted by molar-refractivity contribution is 0.0955. The number of amides is 1. The van der Waals surface area contributed by atoms with E-state index in [1.54, 1.807) is 42.1 Å². The quantitative estimate of drug-likeness (QED) is 0.597. The van der Waals surface area contributed by atoms with Crippen molar-refractivity contribution in [2.45, 2.75) is 6.92 Å². The van der Waals surface area contributed by atoms with Gasteiger partial charge in [0.2, 0.25) is 0 Å². The minimum atomic E-state index is -0.261. The molecule has 0 atom stereocenters. The smallest absolute Gasteiger partial charge is 0.267 e. The van der Waals surface area contributed by atoms with Crippen LogP contribution >= 0.6 is 11.3 Å². The van der Waals surface area contributed by atoms with Crippen molar-refractivity contribution in [3.8, 4) is 0 Å². The monoisotopic (exact) mass is 296 g/mol. The fourth-order valence-corrected chi connectivity index (χ4v) is 2.75. The van der Waals surface area contributed by atoms with Crippen LogP contribution in [0.5, 0.6) is 0 Å². The Kier molecular flexibility index (Phi) is 3.70. The summed E-state index contributed by atoms with van der Waals surface area (Å²) in [6.45, 7) is 1.98. The molecule has 0 unspecified atom stereocenters. The van der Waals surface area contributed by atoms with Gasteiger partial charge in [0.15, 0.2) is 0 Å². The third-order valence-corrected chi connectivity index (χ3v) is 3.78. The summed E-state index contributed by atoms with van der Waals surface area (Å²) in [5.74, 6) is -0.261. The molecule has 1 aromatic carbocycles. The first-order valence-electron chi connectivity index (χ1n) is 6.33. The molecule has 2 aromatic heterocycles. The molecule has 0 aliphatic rings. The van der Waals surface area contributed by atoms with E-state index >= 15 is 0 Å². The summed E-state index contributed by atoms with van der Waals surface area (Å²) in [6.07, 6.45) is 4.75. The number of pyridine rings is 1. The number of hydrogen-bond acceptors (Lipinski definition) is 5. The van der Waals surface area contributed by atoms with Crippen molar-refractivity contribution in [2.75, 3.05) is 0 Å². The third kappa shape index (κ3) is 3.11. The highest BCUT2D eigenvalue weighted by Crippen LogP contribution is 2.21. The third-order valence-electron chi connectivity index (χ3n) is 2.84. The first-order valence-corrected chi connectivity index (χ1v) is 7.15. The van der Waals surface area contributed by atoms with Crippen molar-refractivity contribution >= 4 is 33.7 Å². The van der Waals surface area contributed by atoms with Gasteiger partial charge in [-0.15, -0.1) is 11.3 Å².